The maximum Gasteiger partial charge on any atom is 0.227 e. The third kappa shape index (κ3) is 1.17. The molecule has 78 valence electrons. The summed E-state index contributed by atoms with van der Waals surface area (Å²) in [6, 6.07) is 1.00. The first-order valence-corrected chi connectivity index (χ1v) is 5.47. The van der Waals surface area contributed by atoms with Gasteiger partial charge >= 0.3 is 0 Å². The Morgan fingerprint density at radius 3 is 2.64 bits per heavy atom. The summed E-state index contributed by atoms with van der Waals surface area (Å²) >= 11 is 0. The van der Waals surface area contributed by atoms with Crippen LogP contribution in [-0.4, -0.2) is 47.2 Å². The molecule has 0 radical (unpaired) electrons. The minimum atomic E-state index is -0.273. The summed E-state index contributed by atoms with van der Waals surface area (Å²) in [5.74, 6) is 0.455. The number of hydrogen-bond acceptors (Lipinski definition) is 3. The zero-order valence-corrected chi connectivity index (χ0v) is 8.15. The lowest BCUT2D eigenvalue weighted by Crippen LogP contribution is -2.56. The lowest BCUT2D eigenvalue weighted by molar-refractivity contribution is -0.146. The van der Waals surface area contributed by atoms with Crippen LogP contribution in [0.5, 0.6) is 0 Å². The van der Waals surface area contributed by atoms with Crippen molar-refractivity contribution < 1.29 is 9.90 Å². The third-order valence-corrected chi connectivity index (χ3v) is 3.79. The summed E-state index contributed by atoms with van der Waals surface area (Å²) in [5, 5.41) is 12.6. The number of hydrogen-bond donors (Lipinski definition) is 2. The van der Waals surface area contributed by atoms with E-state index >= 15 is 0 Å². The van der Waals surface area contributed by atoms with Crippen LogP contribution in [0.4, 0.5) is 0 Å². The summed E-state index contributed by atoms with van der Waals surface area (Å²) in [6.07, 6.45) is 3.12. The van der Waals surface area contributed by atoms with Gasteiger partial charge in [0.25, 0.3) is 0 Å². The molecule has 3 aliphatic rings. The molecule has 0 aromatic rings. The van der Waals surface area contributed by atoms with Crippen LogP contribution in [0.25, 0.3) is 0 Å². The van der Waals surface area contributed by atoms with E-state index in [9.17, 15) is 4.79 Å². The molecular formula is C10H16N2O2. The van der Waals surface area contributed by atoms with Crippen LogP contribution < -0.4 is 5.32 Å². The molecule has 0 aromatic heterocycles. The van der Waals surface area contributed by atoms with Gasteiger partial charge in [-0.3, -0.25) is 4.79 Å². The molecule has 1 amide bonds. The van der Waals surface area contributed by atoms with Crippen LogP contribution in [0.2, 0.25) is 0 Å². The number of nitrogens with zero attached hydrogens (tertiary/aromatic N) is 1. The molecule has 3 atom stereocenters. The van der Waals surface area contributed by atoms with Gasteiger partial charge in [0, 0.05) is 25.2 Å². The Morgan fingerprint density at radius 1 is 1.36 bits per heavy atom. The van der Waals surface area contributed by atoms with Gasteiger partial charge in [0.2, 0.25) is 5.91 Å². The molecule has 2 N–H and O–H groups in total. The average Bonchev–Trinajstić information content (AvgIpc) is 2.72. The Morgan fingerprint density at radius 2 is 2.14 bits per heavy atom. The van der Waals surface area contributed by atoms with E-state index < -0.39 is 0 Å². The number of fused-ring (bicyclic) bond motifs is 2. The molecule has 3 rings (SSSR count). The molecule has 4 heteroatoms. The van der Waals surface area contributed by atoms with Crippen molar-refractivity contribution in [1.29, 1.82) is 0 Å². The fourth-order valence-electron chi connectivity index (χ4n) is 2.97. The van der Waals surface area contributed by atoms with Crippen molar-refractivity contribution in [2.45, 2.75) is 37.5 Å². The van der Waals surface area contributed by atoms with Gasteiger partial charge in [-0.1, -0.05) is 0 Å². The van der Waals surface area contributed by atoms with Crippen molar-refractivity contribution in [2.75, 3.05) is 13.1 Å². The molecule has 3 fully saturated rings. The van der Waals surface area contributed by atoms with Crippen molar-refractivity contribution in [2.24, 2.45) is 5.92 Å². The number of rotatable bonds is 1. The fraction of sp³-hybridized carbons (Fsp3) is 0.900. The van der Waals surface area contributed by atoms with Crippen LogP contribution in [-0.2, 0) is 4.79 Å². The number of nitrogens with one attached hydrogen (secondary N) is 1. The average molecular weight is 196 g/mol. The fourth-order valence-corrected chi connectivity index (χ4v) is 2.97. The molecule has 3 heterocycles. The molecule has 0 aromatic carbocycles. The first-order valence-electron chi connectivity index (χ1n) is 5.47. The predicted molar refractivity (Wildman–Crippen MR) is 50.6 cm³/mol. The van der Waals surface area contributed by atoms with E-state index in [2.05, 4.69) is 5.32 Å². The lowest BCUT2D eigenvalue weighted by Gasteiger charge is -2.38. The standard InChI is InChI=1S/C10H16N2O2/c13-7-4-12(5-7)10(14)8-3-6-1-2-9(8)11-6/h6-9,11,13H,1-5H2. The maximum absolute atomic E-state index is 11.9. The highest BCUT2D eigenvalue weighted by atomic mass is 16.3. The number of likely N-dealkylation sites (tertiary alicyclic amines) is 1. The van der Waals surface area contributed by atoms with Crippen molar-refractivity contribution in [1.82, 2.24) is 10.2 Å². The third-order valence-electron chi connectivity index (χ3n) is 3.79. The predicted octanol–water partition coefficient (Wildman–Crippen LogP) is -0.670. The van der Waals surface area contributed by atoms with E-state index in [0.29, 0.717) is 25.2 Å². The van der Waals surface area contributed by atoms with E-state index in [-0.39, 0.29) is 17.9 Å². The molecule has 0 aliphatic carbocycles. The Kier molecular flexibility index (Phi) is 1.82. The quantitative estimate of drug-likeness (QED) is 0.585. The van der Waals surface area contributed by atoms with Gasteiger partial charge in [-0.15, -0.1) is 0 Å². The molecule has 0 saturated carbocycles. The highest BCUT2D eigenvalue weighted by molar-refractivity contribution is 5.81. The lowest BCUT2D eigenvalue weighted by atomic mass is 9.87. The number of aliphatic hydroxyl groups is 1. The number of β-amino-alcohol motifs (C(OH)–C–C–N with tert-alkyl or cyclic N) is 1. The van der Waals surface area contributed by atoms with Crippen LogP contribution in [0, 0.1) is 5.92 Å². The topological polar surface area (TPSA) is 52.6 Å². The summed E-state index contributed by atoms with van der Waals surface area (Å²) < 4.78 is 0. The van der Waals surface area contributed by atoms with Crippen LogP contribution in [0.15, 0.2) is 0 Å². The van der Waals surface area contributed by atoms with Gasteiger partial charge in [-0.05, 0) is 19.3 Å². The Labute approximate surface area is 83.3 Å². The molecule has 3 unspecified atom stereocenters. The van der Waals surface area contributed by atoms with Crippen LogP contribution >= 0.6 is 0 Å². The molecule has 0 spiro atoms. The zero-order chi connectivity index (χ0) is 9.71. The van der Waals surface area contributed by atoms with E-state index in [4.69, 9.17) is 5.11 Å². The van der Waals surface area contributed by atoms with E-state index in [1.165, 1.54) is 6.42 Å². The van der Waals surface area contributed by atoms with Gasteiger partial charge < -0.3 is 15.3 Å². The first-order chi connectivity index (χ1) is 6.74. The monoisotopic (exact) mass is 196 g/mol. The van der Waals surface area contributed by atoms with Crippen molar-refractivity contribution >= 4 is 5.91 Å². The van der Waals surface area contributed by atoms with Crippen molar-refractivity contribution in [3.8, 4) is 0 Å². The maximum atomic E-state index is 11.9. The second kappa shape index (κ2) is 2.94. The minimum absolute atomic E-state index is 0.196. The first kappa shape index (κ1) is 8.68. The zero-order valence-electron chi connectivity index (χ0n) is 8.15. The second-order valence-corrected chi connectivity index (χ2v) is 4.79. The van der Waals surface area contributed by atoms with Crippen LogP contribution in [0.1, 0.15) is 19.3 Å². The summed E-state index contributed by atoms with van der Waals surface area (Å²) in [5.41, 5.74) is 0. The number of amides is 1. The molecule has 3 saturated heterocycles. The normalized spacial score (nSPS) is 41.5. The van der Waals surface area contributed by atoms with E-state index in [0.717, 1.165) is 12.8 Å². The summed E-state index contributed by atoms with van der Waals surface area (Å²) in [4.78, 5) is 13.7. The highest BCUT2D eigenvalue weighted by Crippen LogP contribution is 2.34. The van der Waals surface area contributed by atoms with Gasteiger partial charge in [0.15, 0.2) is 0 Å². The second-order valence-electron chi connectivity index (χ2n) is 4.79. The van der Waals surface area contributed by atoms with E-state index in [1.807, 2.05) is 0 Å². The highest BCUT2D eigenvalue weighted by Gasteiger charge is 2.45. The van der Waals surface area contributed by atoms with Gasteiger partial charge in [0.05, 0.1) is 12.0 Å². The number of aliphatic hydroxyl groups excluding tert-OH is 1. The Hall–Kier alpha value is -0.610. The minimum Gasteiger partial charge on any atom is -0.389 e. The van der Waals surface area contributed by atoms with E-state index in [1.54, 1.807) is 4.90 Å². The largest absolute Gasteiger partial charge is 0.389 e. The van der Waals surface area contributed by atoms with Crippen molar-refractivity contribution in [3.05, 3.63) is 0 Å². The summed E-state index contributed by atoms with van der Waals surface area (Å²) in [6.45, 7) is 1.10. The molecule has 4 nitrogen and oxygen atoms in total. The molecule has 3 aliphatic heterocycles. The summed E-state index contributed by atoms with van der Waals surface area (Å²) in [7, 11) is 0. The SMILES string of the molecule is O=C(C1CC2CCC1N2)N1CC(O)C1. The number of carbonyl (C=O) groups excluding carboxylic acids is 1. The van der Waals surface area contributed by atoms with Gasteiger partial charge in [-0.25, -0.2) is 0 Å². The van der Waals surface area contributed by atoms with Gasteiger partial charge in [-0.2, -0.15) is 0 Å². The smallest absolute Gasteiger partial charge is 0.227 e. The Bertz CT molecular complexity index is 263. The Balaban J connectivity index is 1.63. The molecule has 2 bridgehead atoms. The van der Waals surface area contributed by atoms with Crippen LogP contribution in [0.3, 0.4) is 0 Å². The molecular weight excluding hydrogens is 180 g/mol. The van der Waals surface area contributed by atoms with Gasteiger partial charge in [0.1, 0.15) is 0 Å². The number of carbonyl (C=O) groups is 1. The molecule has 14 heavy (non-hydrogen) atoms. The van der Waals surface area contributed by atoms with Crippen molar-refractivity contribution in [3.63, 3.8) is 0 Å².